The van der Waals surface area contributed by atoms with E-state index in [4.69, 9.17) is 0 Å². The molecule has 4 nitrogen and oxygen atoms in total. The van der Waals surface area contributed by atoms with Gasteiger partial charge >= 0.3 is 0 Å². The standard InChI is InChI=1S/C13H24N2O2/c1-2-5-13(6-7-14-9-13)12(17)15-8-11(16)10-3-4-10/h10-11,14,16H,2-9H2,1H3,(H,15,17). The van der Waals surface area contributed by atoms with Gasteiger partial charge in [0.1, 0.15) is 0 Å². The molecule has 3 N–H and O–H groups in total. The maximum atomic E-state index is 12.2. The van der Waals surface area contributed by atoms with E-state index < -0.39 is 0 Å². The second-order valence-corrected chi connectivity index (χ2v) is 5.57. The average molecular weight is 240 g/mol. The molecule has 0 bridgehead atoms. The van der Waals surface area contributed by atoms with Crippen LogP contribution in [-0.2, 0) is 4.79 Å². The molecule has 1 aliphatic carbocycles. The molecule has 2 unspecified atom stereocenters. The topological polar surface area (TPSA) is 61.4 Å². The minimum Gasteiger partial charge on any atom is -0.391 e. The van der Waals surface area contributed by atoms with Gasteiger partial charge in [-0.05, 0) is 38.1 Å². The number of aliphatic hydroxyl groups is 1. The predicted molar refractivity (Wildman–Crippen MR) is 66.6 cm³/mol. The van der Waals surface area contributed by atoms with Gasteiger partial charge in [-0.3, -0.25) is 4.79 Å². The molecule has 98 valence electrons. The van der Waals surface area contributed by atoms with Gasteiger partial charge in [0, 0.05) is 13.1 Å². The van der Waals surface area contributed by atoms with E-state index >= 15 is 0 Å². The Morgan fingerprint density at radius 2 is 2.35 bits per heavy atom. The van der Waals surface area contributed by atoms with Crippen molar-refractivity contribution >= 4 is 5.91 Å². The number of amides is 1. The monoisotopic (exact) mass is 240 g/mol. The van der Waals surface area contributed by atoms with E-state index in [1.807, 2.05) is 0 Å². The fraction of sp³-hybridized carbons (Fsp3) is 0.923. The molecule has 0 spiro atoms. The molecular weight excluding hydrogens is 216 g/mol. The first-order valence-electron chi connectivity index (χ1n) is 6.85. The fourth-order valence-electron chi connectivity index (χ4n) is 2.78. The molecule has 2 aliphatic rings. The van der Waals surface area contributed by atoms with Gasteiger partial charge in [-0.25, -0.2) is 0 Å². The summed E-state index contributed by atoms with van der Waals surface area (Å²) in [5.74, 6) is 0.558. The Balaban J connectivity index is 1.83. The summed E-state index contributed by atoms with van der Waals surface area (Å²) in [6.45, 7) is 4.26. The number of hydrogen-bond donors (Lipinski definition) is 3. The molecule has 2 atom stereocenters. The van der Waals surface area contributed by atoms with Gasteiger partial charge < -0.3 is 15.7 Å². The van der Waals surface area contributed by atoms with Crippen LogP contribution < -0.4 is 10.6 Å². The summed E-state index contributed by atoms with van der Waals surface area (Å²) in [6, 6.07) is 0. The number of aliphatic hydroxyl groups excluding tert-OH is 1. The predicted octanol–water partition coefficient (Wildman–Crippen LogP) is 0.653. The van der Waals surface area contributed by atoms with Crippen molar-refractivity contribution in [3.8, 4) is 0 Å². The summed E-state index contributed by atoms with van der Waals surface area (Å²) >= 11 is 0. The maximum Gasteiger partial charge on any atom is 0.227 e. The van der Waals surface area contributed by atoms with Crippen LogP contribution in [0.15, 0.2) is 0 Å². The van der Waals surface area contributed by atoms with Crippen molar-refractivity contribution < 1.29 is 9.90 Å². The highest BCUT2D eigenvalue weighted by molar-refractivity contribution is 5.83. The first-order valence-corrected chi connectivity index (χ1v) is 6.85. The summed E-state index contributed by atoms with van der Waals surface area (Å²) in [6.07, 6.45) is 4.77. The van der Waals surface area contributed by atoms with Gasteiger partial charge in [-0.15, -0.1) is 0 Å². The van der Waals surface area contributed by atoms with Crippen LogP contribution in [0.4, 0.5) is 0 Å². The zero-order valence-corrected chi connectivity index (χ0v) is 10.7. The summed E-state index contributed by atoms with van der Waals surface area (Å²) in [4.78, 5) is 12.2. The summed E-state index contributed by atoms with van der Waals surface area (Å²) < 4.78 is 0. The van der Waals surface area contributed by atoms with Crippen LogP contribution in [-0.4, -0.2) is 36.8 Å². The third-order valence-electron chi connectivity index (χ3n) is 4.09. The Morgan fingerprint density at radius 3 is 2.88 bits per heavy atom. The van der Waals surface area contributed by atoms with Crippen LogP contribution in [0, 0.1) is 11.3 Å². The molecule has 4 heteroatoms. The van der Waals surface area contributed by atoms with Gasteiger partial charge in [-0.1, -0.05) is 13.3 Å². The van der Waals surface area contributed by atoms with Crippen molar-refractivity contribution in [3.05, 3.63) is 0 Å². The van der Waals surface area contributed by atoms with Crippen LogP contribution in [0.3, 0.4) is 0 Å². The van der Waals surface area contributed by atoms with Crippen LogP contribution in [0.5, 0.6) is 0 Å². The Morgan fingerprint density at radius 1 is 1.59 bits per heavy atom. The van der Waals surface area contributed by atoms with Crippen molar-refractivity contribution in [2.24, 2.45) is 11.3 Å². The zero-order chi connectivity index (χ0) is 12.3. The van der Waals surface area contributed by atoms with Gasteiger partial charge in [-0.2, -0.15) is 0 Å². The van der Waals surface area contributed by atoms with Gasteiger partial charge in [0.15, 0.2) is 0 Å². The Bertz CT molecular complexity index is 271. The highest BCUT2D eigenvalue weighted by Gasteiger charge is 2.40. The van der Waals surface area contributed by atoms with Crippen molar-refractivity contribution in [2.75, 3.05) is 19.6 Å². The quantitative estimate of drug-likeness (QED) is 0.639. The van der Waals surface area contributed by atoms with Crippen LogP contribution in [0.2, 0.25) is 0 Å². The first-order chi connectivity index (χ1) is 8.18. The minimum absolute atomic E-state index is 0.129. The Hall–Kier alpha value is -0.610. The lowest BCUT2D eigenvalue weighted by Crippen LogP contribution is -2.45. The third-order valence-corrected chi connectivity index (χ3v) is 4.09. The van der Waals surface area contributed by atoms with E-state index in [9.17, 15) is 9.90 Å². The number of nitrogens with one attached hydrogen (secondary N) is 2. The molecule has 17 heavy (non-hydrogen) atoms. The van der Waals surface area contributed by atoms with Crippen LogP contribution in [0.25, 0.3) is 0 Å². The number of carbonyl (C=O) groups excluding carboxylic acids is 1. The molecule has 2 fully saturated rings. The maximum absolute atomic E-state index is 12.2. The van der Waals surface area contributed by atoms with E-state index in [-0.39, 0.29) is 17.4 Å². The second kappa shape index (κ2) is 5.36. The largest absolute Gasteiger partial charge is 0.391 e. The molecule has 2 rings (SSSR count). The second-order valence-electron chi connectivity index (χ2n) is 5.57. The van der Waals surface area contributed by atoms with Crippen LogP contribution in [0.1, 0.15) is 39.0 Å². The molecule has 1 heterocycles. The SMILES string of the molecule is CCCC1(C(=O)NCC(O)C2CC2)CCNC1. The van der Waals surface area contributed by atoms with Crippen molar-refractivity contribution in [1.29, 1.82) is 0 Å². The van der Waals surface area contributed by atoms with E-state index in [1.54, 1.807) is 0 Å². The van der Waals surface area contributed by atoms with Crippen molar-refractivity contribution in [2.45, 2.75) is 45.1 Å². The molecule has 1 saturated heterocycles. The average Bonchev–Trinajstić information content (AvgIpc) is 3.07. The number of carbonyl (C=O) groups is 1. The van der Waals surface area contributed by atoms with Crippen molar-refractivity contribution in [1.82, 2.24) is 10.6 Å². The molecule has 1 aliphatic heterocycles. The summed E-state index contributed by atoms with van der Waals surface area (Å²) in [7, 11) is 0. The summed E-state index contributed by atoms with van der Waals surface area (Å²) in [5, 5.41) is 16.0. The number of rotatable bonds is 6. The lowest BCUT2D eigenvalue weighted by atomic mass is 9.81. The van der Waals surface area contributed by atoms with Gasteiger partial charge in [0.25, 0.3) is 0 Å². The smallest absolute Gasteiger partial charge is 0.227 e. The number of hydrogen-bond acceptors (Lipinski definition) is 3. The minimum atomic E-state index is -0.341. The highest BCUT2D eigenvalue weighted by atomic mass is 16.3. The molecule has 1 amide bonds. The molecule has 0 aromatic heterocycles. The molecular formula is C13H24N2O2. The van der Waals surface area contributed by atoms with E-state index in [0.717, 1.165) is 45.2 Å². The molecule has 0 aromatic rings. The lowest BCUT2D eigenvalue weighted by molar-refractivity contribution is -0.131. The van der Waals surface area contributed by atoms with Gasteiger partial charge in [0.2, 0.25) is 5.91 Å². The lowest BCUT2D eigenvalue weighted by Gasteiger charge is -2.27. The normalized spacial score (nSPS) is 30.2. The molecule has 1 saturated carbocycles. The first kappa shape index (κ1) is 12.8. The molecule has 0 radical (unpaired) electrons. The van der Waals surface area contributed by atoms with E-state index in [2.05, 4.69) is 17.6 Å². The highest BCUT2D eigenvalue weighted by Crippen LogP contribution is 2.33. The Kier molecular flexibility index (Phi) is 4.05. The summed E-state index contributed by atoms with van der Waals surface area (Å²) in [5.41, 5.74) is -0.224. The Labute approximate surface area is 103 Å². The van der Waals surface area contributed by atoms with E-state index in [0.29, 0.717) is 12.5 Å². The zero-order valence-electron chi connectivity index (χ0n) is 10.7. The van der Waals surface area contributed by atoms with Crippen molar-refractivity contribution in [3.63, 3.8) is 0 Å². The third kappa shape index (κ3) is 2.99. The van der Waals surface area contributed by atoms with Gasteiger partial charge in [0.05, 0.1) is 11.5 Å². The fourth-order valence-corrected chi connectivity index (χ4v) is 2.78. The molecule has 0 aromatic carbocycles. The van der Waals surface area contributed by atoms with Crippen LogP contribution >= 0.6 is 0 Å². The van der Waals surface area contributed by atoms with E-state index in [1.165, 1.54) is 0 Å².